The first-order valence-corrected chi connectivity index (χ1v) is 6.22. The highest BCUT2D eigenvalue weighted by molar-refractivity contribution is 8.00. The Morgan fingerprint density at radius 1 is 1.28 bits per heavy atom. The van der Waals surface area contributed by atoms with E-state index in [2.05, 4.69) is 9.97 Å². The maximum absolute atomic E-state index is 11.1. The minimum Gasteiger partial charge on any atom is -0.481 e. The predicted molar refractivity (Wildman–Crippen MR) is 67.3 cm³/mol. The quantitative estimate of drug-likeness (QED) is 0.623. The molecule has 0 aliphatic rings. The molecule has 0 aliphatic carbocycles. The molecule has 1 aromatic heterocycles. The van der Waals surface area contributed by atoms with E-state index in [-0.39, 0.29) is 5.92 Å². The Morgan fingerprint density at radius 3 is 2.11 bits per heavy atom. The van der Waals surface area contributed by atoms with Crippen molar-refractivity contribution in [1.82, 2.24) is 9.97 Å². The Bertz CT molecular complexity index is 403. The van der Waals surface area contributed by atoms with Gasteiger partial charge in [0.2, 0.25) is 11.8 Å². The van der Waals surface area contributed by atoms with Crippen molar-refractivity contribution in [3.05, 3.63) is 6.07 Å². The van der Waals surface area contributed by atoms with Gasteiger partial charge in [0.25, 0.3) is 0 Å². The minimum atomic E-state index is -0.889. The number of nitrogens with zero attached hydrogens (tertiary/aromatic N) is 2. The molecule has 1 rings (SSSR count). The Kier molecular flexibility index (Phi) is 5.21. The molecule has 0 saturated carbocycles. The Hall–Kier alpha value is -1.50. The highest BCUT2D eigenvalue weighted by Crippen LogP contribution is 2.28. The molecule has 0 radical (unpaired) electrons. The van der Waals surface area contributed by atoms with Crippen LogP contribution in [-0.2, 0) is 4.79 Å². The maximum Gasteiger partial charge on any atom is 0.317 e. The van der Waals surface area contributed by atoms with Crippen LogP contribution < -0.4 is 9.47 Å². The van der Waals surface area contributed by atoms with E-state index in [0.717, 1.165) is 11.8 Å². The molecule has 0 fully saturated rings. The zero-order valence-electron chi connectivity index (χ0n) is 10.7. The van der Waals surface area contributed by atoms with Crippen LogP contribution in [0.4, 0.5) is 0 Å². The van der Waals surface area contributed by atoms with E-state index in [1.807, 2.05) is 13.8 Å². The summed E-state index contributed by atoms with van der Waals surface area (Å²) in [6.45, 7) is 3.67. The zero-order valence-corrected chi connectivity index (χ0v) is 11.5. The summed E-state index contributed by atoms with van der Waals surface area (Å²) in [5.74, 6) is -0.233. The largest absolute Gasteiger partial charge is 0.481 e. The first kappa shape index (κ1) is 14.6. The van der Waals surface area contributed by atoms with Gasteiger partial charge in [0.15, 0.2) is 5.16 Å². The third kappa shape index (κ3) is 3.76. The van der Waals surface area contributed by atoms with Crippen molar-refractivity contribution in [2.24, 2.45) is 5.92 Å². The fourth-order valence-electron chi connectivity index (χ4n) is 1.23. The second-order valence-corrected chi connectivity index (χ2v) is 4.96. The molecular formula is C11H16N2O4S. The third-order valence-corrected chi connectivity index (χ3v) is 3.55. The minimum absolute atomic E-state index is 0.0340. The van der Waals surface area contributed by atoms with Crippen LogP contribution in [-0.4, -0.2) is 40.5 Å². The van der Waals surface area contributed by atoms with Crippen LogP contribution in [0.25, 0.3) is 0 Å². The summed E-state index contributed by atoms with van der Waals surface area (Å²) in [5, 5.41) is 8.84. The first-order valence-electron chi connectivity index (χ1n) is 5.34. The van der Waals surface area contributed by atoms with Crippen LogP contribution >= 0.6 is 11.8 Å². The molecule has 6 nitrogen and oxygen atoms in total. The van der Waals surface area contributed by atoms with Crippen LogP contribution in [0.3, 0.4) is 0 Å². The fraction of sp³-hybridized carbons (Fsp3) is 0.545. The number of carboxylic acid groups (broad SMARTS) is 1. The summed E-state index contributed by atoms with van der Waals surface area (Å²) in [7, 11) is 2.96. The maximum atomic E-state index is 11.1. The molecule has 0 amide bonds. The van der Waals surface area contributed by atoms with Crippen molar-refractivity contribution >= 4 is 17.7 Å². The highest BCUT2D eigenvalue weighted by Gasteiger charge is 2.24. The van der Waals surface area contributed by atoms with E-state index < -0.39 is 11.2 Å². The molecule has 7 heteroatoms. The number of hydrogen-bond donors (Lipinski definition) is 1. The summed E-state index contributed by atoms with van der Waals surface area (Å²) in [5.41, 5.74) is 0. The summed E-state index contributed by atoms with van der Waals surface area (Å²) in [6, 6.07) is 1.54. The first-order chi connectivity index (χ1) is 8.47. The lowest BCUT2D eigenvalue weighted by Gasteiger charge is -2.15. The lowest BCUT2D eigenvalue weighted by atomic mass is 10.1. The van der Waals surface area contributed by atoms with Gasteiger partial charge in [0.05, 0.1) is 20.3 Å². The Balaban J connectivity index is 2.98. The van der Waals surface area contributed by atoms with Gasteiger partial charge in [-0.15, -0.1) is 0 Å². The number of aromatic nitrogens is 2. The van der Waals surface area contributed by atoms with E-state index in [0.29, 0.717) is 16.9 Å². The standard InChI is InChI=1S/C11H16N2O4S/c1-6(2)9(10(14)15)18-11-12-7(16-3)5-8(13-11)17-4/h5-6,9H,1-4H3,(H,14,15)/t9-/m1/s1. The van der Waals surface area contributed by atoms with Gasteiger partial charge in [-0.1, -0.05) is 25.6 Å². The Labute approximate surface area is 110 Å². The third-order valence-electron chi connectivity index (χ3n) is 2.16. The molecule has 1 heterocycles. The van der Waals surface area contributed by atoms with Gasteiger partial charge in [-0.2, -0.15) is 9.97 Å². The zero-order chi connectivity index (χ0) is 13.7. The molecule has 1 atom stereocenters. The van der Waals surface area contributed by atoms with Gasteiger partial charge < -0.3 is 14.6 Å². The van der Waals surface area contributed by atoms with Crippen LogP contribution in [0.15, 0.2) is 11.2 Å². The molecule has 0 aliphatic heterocycles. The second kappa shape index (κ2) is 6.44. The summed E-state index contributed by atoms with van der Waals surface area (Å²) >= 11 is 1.08. The average molecular weight is 272 g/mol. The lowest BCUT2D eigenvalue weighted by Crippen LogP contribution is -2.22. The molecule has 0 saturated heterocycles. The van der Waals surface area contributed by atoms with E-state index in [9.17, 15) is 4.79 Å². The number of aliphatic carboxylic acids is 1. The number of methoxy groups -OCH3 is 2. The van der Waals surface area contributed by atoms with Gasteiger partial charge in [-0.05, 0) is 5.92 Å². The van der Waals surface area contributed by atoms with Gasteiger partial charge in [0, 0.05) is 0 Å². The molecule has 0 aromatic carbocycles. The van der Waals surface area contributed by atoms with E-state index in [1.165, 1.54) is 20.3 Å². The summed E-state index contributed by atoms with van der Waals surface area (Å²) < 4.78 is 10.0. The van der Waals surface area contributed by atoms with Crippen LogP contribution in [0, 0.1) is 5.92 Å². The second-order valence-electron chi connectivity index (χ2n) is 3.86. The monoisotopic (exact) mass is 272 g/mol. The average Bonchev–Trinajstić information content (AvgIpc) is 2.34. The number of thioether (sulfide) groups is 1. The highest BCUT2D eigenvalue weighted by atomic mass is 32.2. The van der Waals surface area contributed by atoms with Gasteiger partial charge in [0.1, 0.15) is 5.25 Å². The molecule has 0 bridgehead atoms. The van der Waals surface area contributed by atoms with Crippen molar-refractivity contribution < 1.29 is 19.4 Å². The van der Waals surface area contributed by atoms with Crippen molar-refractivity contribution in [2.75, 3.05) is 14.2 Å². The number of carbonyl (C=O) groups is 1. The van der Waals surface area contributed by atoms with Gasteiger partial charge in [-0.25, -0.2) is 0 Å². The number of ether oxygens (including phenoxy) is 2. The van der Waals surface area contributed by atoms with E-state index in [1.54, 1.807) is 0 Å². The van der Waals surface area contributed by atoms with Crippen LogP contribution in [0.2, 0.25) is 0 Å². The van der Waals surface area contributed by atoms with Crippen LogP contribution in [0.5, 0.6) is 11.8 Å². The van der Waals surface area contributed by atoms with Gasteiger partial charge >= 0.3 is 5.97 Å². The summed E-state index contributed by atoms with van der Waals surface area (Å²) in [6.07, 6.45) is 0. The Morgan fingerprint density at radius 2 is 1.78 bits per heavy atom. The van der Waals surface area contributed by atoms with Gasteiger partial charge in [-0.3, -0.25) is 4.79 Å². The number of hydrogen-bond acceptors (Lipinski definition) is 6. The molecule has 100 valence electrons. The van der Waals surface area contributed by atoms with Crippen molar-refractivity contribution in [3.8, 4) is 11.8 Å². The predicted octanol–water partition coefficient (Wildman–Crippen LogP) is 1.70. The van der Waals surface area contributed by atoms with E-state index in [4.69, 9.17) is 14.6 Å². The summed E-state index contributed by atoms with van der Waals surface area (Å²) in [4.78, 5) is 19.3. The molecule has 0 spiro atoms. The van der Waals surface area contributed by atoms with Crippen LogP contribution in [0.1, 0.15) is 13.8 Å². The number of rotatable bonds is 6. The normalized spacial score (nSPS) is 12.3. The van der Waals surface area contributed by atoms with Crippen molar-refractivity contribution in [1.29, 1.82) is 0 Å². The lowest BCUT2D eigenvalue weighted by molar-refractivity contribution is -0.137. The molecule has 0 unspecified atom stereocenters. The smallest absolute Gasteiger partial charge is 0.317 e. The topological polar surface area (TPSA) is 81.5 Å². The SMILES string of the molecule is COc1cc(OC)nc(S[C@@H](C(=O)O)C(C)C)n1. The van der Waals surface area contributed by atoms with Crippen molar-refractivity contribution in [2.45, 2.75) is 24.3 Å². The molecular weight excluding hydrogens is 256 g/mol. The molecule has 1 N–H and O–H groups in total. The van der Waals surface area contributed by atoms with E-state index >= 15 is 0 Å². The fourth-order valence-corrected chi connectivity index (χ4v) is 2.12. The van der Waals surface area contributed by atoms with Crippen molar-refractivity contribution in [3.63, 3.8) is 0 Å². The number of carboxylic acids is 1. The molecule has 18 heavy (non-hydrogen) atoms. The molecule has 1 aromatic rings.